The molecule has 0 fully saturated rings. The fraction of sp³-hybridized carbons (Fsp3) is 0.625. The molecule has 0 radical (unpaired) electrons. The molecule has 0 aliphatic carbocycles. The van der Waals surface area contributed by atoms with Gasteiger partial charge in [0, 0.05) is 24.5 Å². The van der Waals surface area contributed by atoms with Crippen molar-refractivity contribution in [1.82, 2.24) is 9.97 Å². The van der Waals surface area contributed by atoms with Gasteiger partial charge in [-0.05, 0) is 32.3 Å². The summed E-state index contributed by atoms with van der Waals surface area (Å²) < 4.78 is 0. The first kappa shape index (κ1) is 16.0. The molecule has 1 N–H and O–H groups in total. The molecular formula is C16H26N4S. The van der Waals surface area contributed by atoms with Crippen LogP contribution in [0.15, 0.2) is 6.07 Å². The molecule has 0 spiro atoms. The third-order valence-corrected chi connectivity index (χ3v) is 4.94. The average Bonchev–Trinajstić information content (AvgIpc) is 2.75. The van der Waals surface area contributed by atoms with Crippen molar-refractivity contribution in [2.24, 2.45) is 5.41 Å². The van der Waals surface area contributed by atoms with Gasteiger partial charge in [-0.2, -0.15) is 4.98 Å². The number of thiophene rings is 1. The summed E-state index contributed by atoms with van der Waals surface area (Å²) in [7, 11) is 2.13. The maximum atomic E-state index is 4.75. The molecule has 0 aliphatic rings. The monoisotopic (exact) mass is 306 g/mol. The Morgan fingerprint density at radius 2 is 2.00 bits per heavy atom. The first-order valence-electron chi connectivity index (χ1n) is 7.49. The van der Waals surface area contributed by atoms with Crippen molar-refractivity contribution in [3.63, 3.8) is 0 Å². The Balaban J connectivity index is 2.54. The van der Waals surface area contributed by atoms with E-state index in [2.05, 4.69) is 69.9 Å². The highest BCUT2D eigenvalue weighted by molar-refractivity contribution is 7.18. The van der Waals surface area contributed by atoms with Gasteiger partial charge in [0.05, 0.1) is 5.39 Å². The van der Waals surface area contributed by atoms with E-state index < -0.39 is 0 Å². The van der Waals surface area contributed by atoms with Crippen LogP contribution in [0.2, 0.25) is 0 Å². The number of nitrogens with one attached hydrogen (secondary N) is 1. The van der Waals surface area contributed by atoms with Crippen molar-refractivity contribution in [1.29, 1.82) is 0 Å². The highest BCUT2D eigenvalue weighted by atomic mass is 32.1. The zero-order valence-electron chi connectivity index (χ0n) is 14.1. The van der Waals surface area contributed by atoms with E-state index in [9.17, 15) is 0 Å². The second-order valence-corrected chi connectivity index (χ2v) is 7.86. The normalized spacial score (nSPS) is 13.5. The minimum atomic E-state index is 0.190. The third kappa shape index (κ3) is 3.28. The Kier molecular flexibility index (Phi) is 4.42. The fourth-order valence-corrected chi connectivity index (χ4v) is 3.17. The lowest BCUT2D eigenvalue weighted by Crippen LogP contribution is -2.40. The van der Waals surface area contributed by atoms with Gasteiger partial charge in [-0.25, -0.2) is 4.98 Å². The zero-order valence-corrected chi connectivity index (χ0v) is 14.9. The van der Waals surface area contributed by atoms with Crippen LogP contribution in [0.5, 0.6) is 0 Å². The van der Waals surface area contributed by atoms with E-state index in [0.717, 1.165) is 28.5 Å². The van der Waals surface area contributed by atoms with Crippen molar-refractivity contribution >= 4 is 33.3 Å². The molecule has 4 nitrogen and oxygen atoms in total. The fourth-order valence-electron chi connectivity index (χ4n) is 2.30. The second-order valence-electron chi connectivity index (χ2n) is 6.63. The topological polar surface area (TPSA) is 41.1 Å². The number of hydrogen-bond acceptors (Lipinski definition) is 5. The van der Waals surface area contributed by atoms with Crippen molar-refractivity contribution < 1.29 is 0 Å². The molecular weight excluding hydrogens is 280 g/mol. The minimum absolute atomic E-state index is 0.190. The van der Waals surface area contributed by atoms with Crippen LogP contribution in [0, 0.1) is 12.3 Å². The summed E-state index contributed by atoms with van der Waals surface area (Å²) in [5, 5.41) is 4.39. The number of anilines is 2. The molecule has 1 atom stereocenters. The number of aromatic nitrogens is 2. The van der Waals surface area contributed by atoms with Crippen LogP contribution in [-0.4, -0.2) is 29.6 Å². The van der Waals surface area contributed by atoms with E-state index in [1.807, 2.05) is 0 Å². The highest BCUT2D eigenvalue weighted by Crippen LogP contribution is 2.34. The summed E-state index contributed by atoms with van der Waals surface area (Å²) in [6, 6.07) is 2.57. The van der Waals surface area contributed by atoms with Crippen LogP contribution in [-0.2, 0) is 0 Å². The second kappa shape index (κ2) is 5.79. The molecule has 0 bridgehead atoms. The van der Waals surface area contributed by atoms with Gasteiger partial charge in [0.25, 0.3) is 0 Å². The van der Waals surface area contributed by atoms with E-state index in [-0.39, 0.29) is 5.41 Å². The van der Waals surface area contributed by atoms with Gasteiger partial charge in [0.15, 0.2) is 0 Å². The van der Waals surface area contributed by atoms with Crippen molar-refractivity contribution in [3.05, 3.63) is 10.9 Å². The largest absolute Gasteiger partial charge is 0.356 e. The Morgan fingerprint density at radius 3 is 2.57 bits per heavy atom. The van der Waals surface area contributed by atoms with Crippen LogP contribution in [0.4, 0.5) is 11.8 Å². The minimum Gasteiger partial charge on any atom is -0.356 e. The molecule has 0 aromatic carbocycles. The molecule has 2 aromatic rings. The lowest BCUT2D eigenvalue weighted by molar-refractivity contribution is 0.329. The van der Waals surface area contributed by atoms with E-state index >= 15 is 0 Å². The average molecular weight is 306 g/mol. The first-order chi connectivity index (χ1) is 9.74. The van der Waals surface area contributed by atoms with Gasteiger partial charge in [-0.15, -0.1) is 11.3 Å². The van der Waals surface area contributed by atoms with E-state index in [0.29, 0.717) is 6.04 Å². The molecule has 0 saturated carbocycles. The number of fused-ring (bicyclic) bond motifs is 1. The predicted molar refractivity (Wildman–Crippen MR) is 93.6 cm³/mol. The number of nitrogens with zero attached hydrogens (tertiary/aromatic N) is 3. The Hall–Kier alpha value is -1.36. The third-order valence-electron chi connectivity index (χ3n) is 4.00. The Morgan fingerprint density at radius 1 is 1.33 bits per heavy atom. The number of hydrogen-bond donors (Lipinski definition) is 1. The van der Waals surface area contributed by atoms with E-state index in [1.165, 1.54) is 4.88 Å². The molecule has 2 rings (SSSR count). The van der Waals surface area contributed by atoms with Gasteiger partial charge in [0.1, 0.15) is 10.6 Å². The van der Waals surface area contributed by atoms with E-state index in [4.69, 9.17) is 4.98 Å². The molecule has 116 valence electrons. The summed E-state index contributed by atoms with van der Waals surface area (Å²) in [4.78, 5) is 14.0. The van der Waals surface area contributed by atoms with Crippen LogP contribution < -0.4 is 10.2 Å². The SMILES string of the molecule is CCNc1nc(N(C)C(C)C(C)(C)C)c2cc(C)sc2n1. The Bertz CT molecular complexity index is 627. The summed E-state index contributed by atoms with van der Waals surface area (Å²) in [5.41, 5.74) is 0.190. The molecule has 2 aromatic heterocycles. The highest BCUT2D eigenvalue weighted by Gasteiger charge is 2.26. The lowest BCUT2D eigenvalue weighted by atomic mass is 9.87. The van der Waals surface area contributed by atoms with Crippen molar-refractivity contribution in [2.75, 3.05) is 23.8 Å². The smallest absolute Gasteiger partial charge is 0.226 e. The summed E-state index contributed by atoms with van der Waals surface area (Å²) >= 11 is 1.73. The zero-order chi connectivity index (χ0) is 15.8. The summed E-state index contributed by atoms with van der Waals surface area (Å²) in [6.07, 6.45) is 0. The van der Waals surface area contributed by atoms with Crippen LogP contribution >= 0.6 is 11.3 Å². The van der Waals surface area contributed by atoms with Crippen LogP contribution in [0.25, 0.3) is 10.2 Å². The first-order valence-corrected chi connectivity index (χ1v) is 8.30. The standard InChI is InChI=1S/C16H26N4S/c1-8-17-15-18-13(20(7)11(3)16(4,5)6)12-9-10(2)21-14(12)19-15/h9,11H,8H2,1-7H3,(H,17,18,19). The van der Waals surface area contributed by atoms with Gasteiger partial charge in [-0.1, -0.05) is 20.8 Å². The Labute approximate surface area is 131 Å². The quantitative estimate of drug-likeness (QED) is 0.914. The van der Waals surface area contributed by atoms with Crippen LogP contribution in [0.3, 0.4) is 0 Å². The molecule has 5 heteroatoms. The predicted octanol–water partition coefficient (Wildman–Crippen LogP) is 4.30. The summed E-state index contributed by atoms with van der Waals surface area (Å²) in [6.45, 7) is 14.0. The molecule has 1 unspecified atom stereocenters. The van der Waals surface area contributed by atoms with Gasteiger partial charge in [0.2, 0.25) is 5.95 Å². The maximum absolute atomic E-state index is 4.75. The summed E-state index contributed by atoms with van der Waals surface area (Å²) in [5.74, 6) is 1.73. The van der Waals surface area contributed by atoms with Gasteiger partial charge in [-0.3, -0.25) is 0 Å². The van der Waals surface area contributed by atoms with Gasteiger partial charge >= 0.3 is 0 Å². The van der Waals surface area contributed by atoms with Gasteiger partial charge < -0.3 is 10.2 Å². The maximum Gasteiger partial charge on any atom is 0.226 e. The van der Waals surface area contributed by atoms with E-state index in [1.54, 1.807) is 11.3 Å². The molecule has 0 aliphatic heterocycles. The number of aryl methyl sites for hydroxylation is 1. The molecule has 0 saturated heterocycles. The molecule has 21 heavy (non-hydrogen) atoms. The number of rotatable bonds is 4. The molecule has 2 heterocycles. The lowest BCUT2D eigenvalue weighted by Gasteiger charge is -2.36. The van der Waals surface area contributed by atoms with Crippen LogP contribution in [0.1, 0.15) is 39.5 Å². The van der Waals surface area contributed by atoms with Crippen molar-refractivity contribution in [2.45, 2.75) is 47.6 Å². The molecule has 0 amide bonds. The van der Waals surface area contributed by atoms with Crippen molar-refractivity contribution in [3.8, 4) is 0 Å².